The summed E-state index contributed by atoms with van der Waals surface area (Å²) in [5, 5.41) is 15.5. The second-order valence-corrected chi connectivity index (χ2v) is 8.77. The summed E-state index contributed by atoms with van der Waals surface area (Å²) >= 11 is 13.4. The number of carbonyl (C=O) groups is 1. The largest absolute Gasteiger partial charge is 0.505 e. The van der Waals surface area contributed by atoms with Gasteiger partial charge < -0.3 is 20.7 Å². The maximum Gasteiger partial charge on any atom is 0.323 e. The molecule has 0 aliphatic rings. The van der Waals surface area contributed by atoms with E-state index in [1.165, 1.54) is 12.1 Å². The molecule has 0 aliphatic heterocycles. The molecule has 0 unspecified atom stereocenters. The van der Waals surface area contributed by atoms with E-state index in [0.29, 0.717) is 23.6 Å². The zero-order chi connectivity index (χ0) is 20.6. The molecule has 0 atom stereocenters. The second-order valence-electron chi connectivity index (χ2n) is 5.47. The molecule has 0 fully saturated rings. The number of urea groups is 1. The minimum absolute atomic E-state index is 0.213. The Morgan fingerprint density at radius 2 is 1.50 bits per heavy atom. The second kappa shape index (κ2) is 8.36. The standard InChI is InChI=1S/C17H9Br4N3O4/c18-7-5-8(19)11(21)12(10(7)20)23-17(28)24-13-14(25)6-3-1-2-4-9(6)22-16(27)15(13)26/h1-5H,(H4,22,23,24,25,26,27,28). The van der Waals surface area contributed by atoms with Crippen LogP contribution in [0.4, 0.5) is 16.2 Å². The number of para-hydroxylation sites is 1. The van der Waals surface area contributed by atoms with E-state index >= 15 is 0 Å². The lowest BCUT2D eigenvalue weighted by Gasteiger charge is -2.13. The van der Waals surface area contributed by atoms with Gasteiger partial charge in [0.2, 0.25) is 0 Å². The number of H-pyrrole nitrogens is 1. The lowest BCUT2D eigenvalue weighted by molar-refractivity contribution is 0.262. The number of aromatic nitrogens is 1. The highest BCUT2D eigenvalue weighted by molar-refractivity contribution is 9.14. The molecule has 0 saturated heterocycles. The van der Waals surface area contributed by atoms with Crippen molar-refractivity contribution >= 4 is 92.0 Å². The van der Waals surface area contributed by atoms with E-state index in [0.717, 1.165) is 0 Å². The zero-order valence-electron chi connectivity index (χ0n) is 13.6. The smallest absolute Gasteiger partial charge is 0.323 e. The molecule has 0 saturated carbocycles. The van der Waals surface area contributed by atoms with Crippen LogP contribution in [0.15, 0.2) is 57.8 Å². The Labute approximate surface area is 191 Å². The number of benzene rings is 2. The molecule has 1 heterocycles. The van der Waals surface area contributed by atoms with E-state index in [1.807, 2.05) is 0 Å². The number of nitrogens with one attached hydrogen (secondary N) is 3. The minimum atomic E-state index is -1.07. The first kappa shape index (κ1) is 21.0. The van der Waals surface area contributed by atoms with Crippen LogP contribution in [0.1, 0.15) is 0 Å². The number of aromatic hydroxyl groups is 1. The van der Waals surface area contributed by atoms with Crippen molar-refractivity contribution in [1.82, 2.24) is 4.98 Å². The molecular formula is C17H9Br4N3O4. The molecule has 28 heavy (non-hydrogen) atoms. The lowest BCUT2D eigenvalue weighted by Crippen LogP contribution is -2.30. The molecule has 144 valence electrons. The summed E-state index contributed by atoms with van der Waals surface area (Å²) in [4.78, 5) is 39.3. The van der Waals surface area contributed by atoms with Crippen LogP contribution in [0.25, 0.3) is 10.9 Å². The highest BCUT2D eigenvalue weighted by Gasteiger charge is 2.18. The average molecular weight is 639 g/mol. The third kappa shape index (κ3) is 4.02. The Balaban J connectivity index is 2.06. The van der Waals surface area contributed by atoms with Gasteiger partial charge in [0.05, 0.1) is 20.1 Å². The molecular weight excluding hydrogens is 630 g/mol. The fourth-order valence-electron chi connectivity index (χ4n) is 2.39. The molecule has 3 rings (SSSR count). The first-order chi connectivity index (χ1) is 13.2. The Morgan fingerprint density at radius 1 is 0.929 bits per heavy atom. The van der Waals surface area contributed by atoms with Gasteiger partial charge in [0.15, 0.2) is 5.75 Å². The molecule has 3 aromatic rings. The lowest BCUT2D eigenvalue weighted by atomic mass is 10.2. The number of hydrogen-bond donors (Lipinski definition) is 4. The van der Waals surface area contributed by atoms with Crippen LogP contribution in [-0.2, 0) is 0 Å². The molecule has 1 aromatic heterocycles. The van der Waals surface area contributed by atoms with Crippen LogP contribution in [0.5, 0.6) is 5.75 Å². The van der Waals surface area contributed by atoms with Crippen molar-refractivity contribution in [2.45, 2.75) is 0 Å². The van der Waals surface area contributed by atoms with Gasteiger partial charge in [-0.2, -0.15) is 0 Å². The van der Waals surface area contributed by atoms with Crippen molar-refractivity contribution in [3.05, 3.63) is 68.8 Å². The van der Waals surface area contributed by atoms with Crippen molar-refractivity contribution in [3.8, 4) is 5.75 Å². The molecule has 0 bridgehead atoms. The Bertz CT molecular complexity index is 1220. The number of amides is 2. The maximum absolute atomic E-state index is 12.5. The molecule has 11 heteroatoms. The average Bonchev–Trinajstić information content (AvgIpc) is 2.74. The maximum atomic E-state index is 12.5. The third-order valence-corrected chi connectivity index (χ3v) is 7.65. The summed E-state index contributed by atoms with van der Waals surface area (Å²) in [6, 6.07) is 7.26. The summed E-state index contributed by atoms with van der Waals surface area (Å²) in [6.45, 7) is 0. The van der Waals surface area contributed by atoms with Crippen LogP contribution in [0.2, 0.25) is 0 Å². The molecule has 2 amide bonds. The third-order valence-electron chi connectivity index (χ3n) is 3.69. The minimum Gasteiger partial charge on any atom is -0.505 e. The topological polar surface area (TPSA) is 111 Å². The highest BCUT2D eigenvalue weighted by Crippen LogP contribution is 2.41. The normalized spacial score (nSPS) is 10.7. The number of halogens is 4. The fourth-order valence-corrected chi connectivity index (χ4v) is 4.64. The quantitative estimate of drug-likeness (QED) is 0.226. The summed E-state index contributed by atoms with van der Waals surface area (Å²) in [5.41, 5.74) is -1.94. The van der Waals surface area contributed by atoms with Crippen LogP contribution in [0.3, 0.4) is 0 Å². The van der Waals surface area contributed by atoms with Crippen molar-refractivity contribution in [3.63, 3.8) is 0 Å². The van der Waals surface area contributed by atoms with Crippen molar-refractivity contribution in [2.24, 2.45) is 0 Å². The summed E-state index contributed by atoms with van der Waals surface area (Å²) in [7, 11) is 0. The van der Waals surface area contributed by atoms with Gasteiger partial charge in [-0.25, -0.2) is 4.79 Å². The van der Waals surface area contributed by atoms with Crippen molar-refractivity contribution < 1.29 is 9.90 Å². The fraction of sp³-hybridized carbons (Fsp3) is 0. The Morgan fingerprint density at radius 3 is 2.14 bits per heavy atom. The predicted octanol–water partition coefficient (Wildman–Crippen LogP) is 5.29. The van der Waals surface area contributed by atoms with Crippen molar-refractivity contribution in [2.75, 3.05) is 10.6 Å². The van der Waals surface area contributed by atoms with E-state index in [9.17, 15) is 19.5 Å². The van der Waals surface area contributed by atoms with E-state index < -0.39 is 28.5 Å². The van der Waals surface area contributed by atoms with Gasteiger partial charge in [-0.1, -0.05) is 12.1 Å². The first-order valence-corrected chi connectivity index (χ1v) is 10.7. The molecule has 0 aliphatic carbocycles. The first-order valence-electron chi connectivity index (χ1n) is 7.50. The number of hydrogen-bond acceptors (Lipinski definition) is 4. The van der Waals surface area contributed by atoms with E-state index in [4.69, 9.17) is 0 Å². The van der Waals surface area contributed by atoms with Gasteiger partial charge in [0, 0.05) is 14.3 Å². The molecule has 2 aromatic carbocycles. The predicted molar refractivity (Wildman–Crippen MR) is 122 cm³/mol. The van der Waals surface area contributed by atoms with E-state index in [-0.39, 0.29) is 10.9 Å². The molecule has 0 spiro atoms. The number of aromatic amines is 1. The molecule has 0 radical (unpaired) electrons. The Kier molecular flexibility index (Phi) is 6.28. The SMILES string of the molecule is O=C(Nc1c(Br)c(Br)cc(Br)c1Br)Nc1c(O)c2ccccc2[nH]c(=O)c1=O. The van der Waals surface area contributed by atoms with E-state index in [2.05, 4.69) is 79.3 Å². The number of fused-ring (bicyclic) bond motifs is 1. The highest BCUT2D eigenvalue weighted by atomic mass is 79.9. The van der Waals surface area contributed by atoms with Gasteiger partial charge in [0.1, 0.15) is 5.69 Å². The van der Waals surface area contributed by atoms with Gasteiger partial charge in [0.25, 0.3) is 11.0 Å². The summed E-state index contributed by atoms with van der Waals surface area (Å²) in [6.07, 6.45) is 0. The Hall–Kier alpha value is -1.69. The monoisotopic (exact) mass is 635 g/mol. The summed E-state index contributed by atoms with van der Waals surface area (Å²) in [5.74, 6) is -0.511. The van der Waals surface area contributed by atoms with E-state index in [1.54, 1.807) is 18.2 Å². The van der Waals surface area contributed by atoms with Gasteiger partial charge >= 0.3 is 6.03 Å². The number of carbonyl (C=O) groups excluding carboxylic acids is 1. The number of anilines is 2. The summed E-state index contributed by atoms with van der Waals surface area (Å²) < 4.78 is 2.43. The molecule has 4 N–H and O–H groups in total. The van der Waals surface area contributed by atoms with Crippen LogP contribution < -0.4 is 21.6 Å². The van der Waals surface area contributed by atoms with Gasteiger partial charge in [-0.05, 0) is 81.9 Å². The van der Waals surface area contributed by atoms with Gasteiger partial charge in [-0.15, -0.1) is 0 Å². The van der Waals surface area contributed by atoms with Crippen LogP contribution >= 0.6 is 63.7 Å². The van der Waals surface area contributed by atoms with Crippen molar-refractivity contribution in [1.29, 1.82) is 0 Å². The molecule has 7 nitrogen and oxygen atoms in total. The zero-order valence-corrected chi connectivity index (χ0v) is 19.9. The van der Waals surface area contributed by atoms with Crippen LogP contribution in [0, 0.1) is 0 Å². The number of rotatable bonds is 2. The van der Waals surface area contributed by atoms with Gasteiger partial charge in [-0.3, -0.25) is 9.59 Å². The van der Waals surface area contributed by atoms with Crippen LogP contribution in [-0.4, -0.2) is 16.1 Å².